The predicted octanol–water partition coefficient (Wildman–Crippen LogP) is 2.49. The number of fused-ring (bicyclic) bond motifs is 1. The fourth-order valence-electron chi connectivity index (χ4n) is 1.48. The first-order chi connectivity index (χ1) is 6.33. The lowest BCUT2D eigenvalue weighted by atomic mass is 10.00. The summed E-state index contributed by atoms with van der Waals surface area (Å²) in [7, 11) is 0. The Balaban J connectivity index is 2.51. The lowest BCUT2D eigenvalue weighted by molar-refractivity contribution is 0.211. The molecule has 1 aliphatic rings. The molecule has 0 bridgehead atoms. The SMILES string of the molecule is C/C=C1\OCc2ccccc2C1=N. The van der Waals surface area contributed by atoms with Gasteiger partial charge in [-0.1, -0.05) is 24.3 Å². The van der Waals surface area contributed by atoms with Crippen molar-refractivity contribution in [2.75, 3.05) is 0 Å². The van der Waals surface area contributed by atoms with Crippen LogP contribution in [0, 0.1) is 5.41 Å². The molecule has 0 amide bonds. The van der Waals surface area contributed by atoms with Gasteiger partial charge in [0.05, 0.1) is 0 Å². The maximum Gasteiger partial charge on any atom is 0.141 e. The van der Waals surface area contributed by atoms with E-state index in [0.29, 0.717) is 18.1 Å². The lowest BCUT2D eigenvalue weighted by Crippen LogP contribution is -2.15. The molecule has 0 atom stereocenters. The van der Waals surface area contributed by atoms with Gasteiger partial charge in [0.25, 0.3) is 0 Å². The molecule has 1 aromatic carbocycles. The predicted molar refractivity (Wildman–Crippen MR) is 51.8 cm³/mol. The maximum atomic E-state index is 7.83. The Kier molecular flexibility index (Phi) is 1.89. The lowest BCUT2D eigenvalue weighted by Gasteiger charge is -2.20. The fraction of sp³-hybridized carbons (Fsp3) is 0.182. The van der Waals surface area contributed by atoms with Crippen molar-refractivity contribution in [2.45, 2.75) is 13.5 Å². The number of allylic oxidation sites excluding steroid dienone is 2. The van der Waals surface area contributed by atoms with Gasteiger partial charge in [-0.25, -0.2) is 0 Å². The largest absolute Gasteiger partial charge is 0.487 e. The first-order valence-corrected chi connectivity index (χ1v) is 4.29. The van der Waals surface area contributed by atoms with E-state index in [1.165, 1.54) is 0 Å². The zero-order valence-electron chi connectivity index (χ0n) is 7.50. The van der Waals surface area contributed by atoms with Crippen LogP contribution in [0.1, 0.15) is 18.1 Å². The van der Waals surface area contributed by atoms with Crippen LogP contribution in [-0.4, -0.2) is 5.71 Å². The molecule has 1 aromatic rings. The Bertz CT molecular complexity index is 379. The average molecular weight is 173 g/mol. The van der Waals surface area contributed by atoms with E-state index < -0.39 is 0 Å². The average Bonchev–Trinajstić information content (AvgIpc) is 2.19. The monoisotopic (exact) mass is 173 g/mol. The van der Waals surface area contributed by atoms with Crippen LogP contribution in [0.25, 0.3) is 0 Å². The van der Waals surface area contributed by atoms with Crippen LogP contribution in [-0.2, 0) is 11.3 Å². The molecular formula is C11H11NO. The molecule has 0 saturated heterocycles. The molecule has 13 heavy (non-hydrogen) atoms. The van der Waals surface area contributed by atoms with E-state index in [-0.39, 0.29) is 0 Å². The standard InChI is InChI=1S/C11H11NO/c1-2-10-11(12)9-6-4-3-5-8(9)7-13-10/h2-6,12H,7H2,1H3/b10-2-,12-11?. The van der Waals surface area contributed by atoms with Crippen LogP contribution in [0.2, 0.25) is 0 Å². The van der Waals surface area contributed by atoms with Gasteiger partial charge >= 0.3 is 0 Å². The number of hydrogen-bond acceptors (Lipinski definition) is 2. The van der Waals surface area contributed by atoms with Crippen molar-refractivity contribution in [3.05, 3.63) is 47.2 Å². The maximum absolute atomic E-state index is 7.83. The molecule has 2 nitrogen and oxygen atoms in total. The number of benzene rings is 1. The third-order valence-corrected chi connectivity index (χ3v) is 2.18. The molecule has 66 valence electrons. The van der Waals surface area contributed by atoms with Crippen LogP contribution in [0.15, 0.2) is 36.1 Å². The van der Waals surface area contributed by atoms with Crippen molar-refractivity contribution in [3.63, 3.8) is 0 Å². The normalized spacial score (nSPS) is 18.2. The highest BCUT2D eigenvalue weighted by atomic mass is 16.5. The molecule has 1 N–H and O–H groups in total. The summed E-state index contributed by atoms with van der Waals surface area (Å²) in [6.07, 6.45) is 1.83. The van der Waals surface area contributed by atoms with Crippen molar-refractivity contribution in [1.82, 2.24) is 0 Å². The smallest absolute Gasteiger partial charge is 0.141 e. The Morgan fingerprint density at radius 2 is 2.15 bits per heavy atom. The first kappa shape index (κ1) is 8.05. The Labute approximate surface area is 77.4 Å². The zero-order valence-corrected chi connectivity index (χ0v) is 7.50. The molecule has 2 rings (SSSR count). The van der Waals surface area contributed by atoms with E-state index in [1.54, 1.807) is 0 Å². The Hall–Kier alpha value is -1.57. The van der Waals surface area contributed by atoms with Gasteiger partial charge in [-0.15, -0.1) is 0 Å². The minimum atomic E-state index is 0.490. The van der Waals surface area contributed by atoms with Crippen LogP contribution in [0.4, 0.5) is 0 Å². The summed E-state index contributed by atoms with van der Waals surface area (Å²) >= 11 is 0. The van der Waals surface area contributed by atoms with E-state index >= 15 is 0 Å². The van der Waals surface area contributed by atoms with E-state index in [9.17, 15) is 0 Å². The van der Waals surface area contributed by atoms with Gasteiger partial charge in [0.1, 0.15) is 18.1 Å². The molecule has 0 radical (unpaired) electrons. The summed E-state index contributed by atoms with van der Waals surface area (Å²) in [6, 6.07) is 7.88. The molecule has 0 aromatic heterocycles. The minimum absolute atomic E-state index is 0.490. The first-order valence-electron chi connectivity index (χ1n) is 4.29. The van der Waals surface area contributed by atoms with Crippen LogP contribution in [0.5, 0.6) is 0 Å². The highest BCUT2D eigenvalue weighted by Crippen LogP contribution is 2.22. The molecular weight excluding hydrogens is 162 g/mol. The van der Waals surface area contributed by atoms with E-state index in [1.807, 2.05) is 37.3 Å². The van der Waals surface area contributed by atoms with Crippen molar-refractivity contribution in [2.24, 2.45) is 0 Å². The second-order valence-electron chi connectivity index (χ2n) is 2.97. The third kappa shape index (κ3) is 1.24. The Morgan fingerprint density at radius 3 is 2.92 bits per heavy atom. The molecule has 1 heterocycles. The molecule has 0 fully saturated rings. The van der Waals surface area contributed by atoms with Gasteiger partial charge < -0.3 is 4.74 Å². The van der Waals surface area contributed by atoms with Gasteiger partial charge in [0, 0.05) is 5.56 Å². The third-order valence-electron chi connectivity index (χ3n) is 2.18. The molecule has 0 aliphatic carbocycles. The van der Waals surface area contributed by atoms with Crippen LogP contribution >= 0.6 is 0 Å². The van der Waals surface area contributed by atoms with Gasteiger partial charge in [-0.3, -0.25) is 5.41 Å². The number of nitrogens with one attached hydrogen (secondary N) is 1. The highest BCUT2D eigenvalue weighted by molar-refractivity contribution is 6.10. The second kappa shape index (κ2) is 3.05. The second-order valence-corrected chi connectivity index (χ2v) is 2.97. The van der Waals surface area contributed by atoms with Crippen molar-refractivity contribution in [1.29, 1.82) is 5.41 Å². The number of ether oxygens (including phenoxy) is 1. The summed E-state index contributed by atoms with van der Waals surface area (Å²) in [4.78, 5) is 0. The zero-order chi connectivity index (χ0) is 9.26. The number of rotatable bonds is 0. The Morgan fingerprint density at radius 1 is 1.38 bits per heavy atom. The van der Waals surface area contributed by atoms with Crippen molar-refractivity contribution >= 4 is 5.71 Å². The van der Waals surface area contributed by atoms with Gasteiger partial charge in [-0.2, -0.15) is 0 Å². The fourth-order valence-corrected chi connectivity index (χ4v) is 1.48. The van der Waals surface area contributed by atoms with E-state index in [0.717, 1.165) is 11.1 Å². The molecule has 2 heteroatoms. The van der Waals surface area contributed by atoms with Crippen LogP contribution < -0.4 is 0 Å². The summed E-state index contributed by atoms with van der Waals surface area (Å²) < 4.78 is 5.40. The quantitative estimate of drug-likeness (QED) is 0.642. The molecule has 0 spiro atoms. The van der Waals surface area contributed by atoms with Crippen molar-refractivity contribution in [3.8, 4) is 0 Å². The summed E-state index contributed by atoms with van der Waals surface area (Å²) in [5, 5.41) is 7.83. The molecule has 0 unspecified atom stereocenters. The number of hydrogen-bond donors (Lipinski definition) is 1. The van der Waals surface area contributed by atoms with Gasteiger partial charge in [0.2, 0.25) is 0 Å². The van der Waals surface area contributed by atoms with Gasteiger partial charge in [-0.05, 0) is 18.6 Å². The molecule has 0 saturated carbocycles. The van der Waals surface area contributed by atoms with E-state index in [4.69, 9.17) is 10.1 Å². The minimum Gasteiger partial charge on any atom is -0.487 e. The topological polar surface area (TPSA) is 33.1 Å². The highest BCUT2D eigenvalue weighted by Gasteiger charge is 2.17. The van der Waals surface area contributed by atoms with Crippen molar-refractivity contribution < 1.29 is 4.74 Å². The summed E-state index contributed by atoms with van der Waals surface area (Å²) in [5.41, 5.74) is 2.57. The van der Waals surface area contributed by atoms with E-state index in [2.05, 4.69) is 0 Å². The summed E-state index contributed by atoms with van der Waals surface area (Å²) in [6.45, 7) is 2.47. The van der Waals surface area contributed by atoms with Gasteiger partial charge in [0.15, 0.2) is 0 Å². The van der Waals surface area contributed by atoms with Crippen LogP contribution in [0.3, 0.4) is 0 Å². The summed E-state index contributed by atoms with van der Waals surface area (Å²) in [5.74, 6) is 0.679. The molecule has 1 aliphatic heterocycles.